The van der Waals surface area contributed by atoms with Crippen LogP contribution in [0, 0.1) is 11.3 Å². The number of ether oxygens (including phenoxy) is 3. The monoisotopic (exact) mass is 353 g/mol. The van der Waals surface area contributed by atoms with Gasteiger partial charge in [0, 0.05) is 24.9 Å². The highest BCUT2D eigenvalue weighted by molar-refractivity contribution is 5.91. The molecule has 0 aliphatic rings. The normalized spacial score (nSPS) is 10.2. The number of benzene rings is 1. The van der Waals surface area contributed by atoms with Crippen LogP contribution in [0.2, 0.25) is 0 Å². The molecule has 1 aromatic carbocycles. The first-order valence-corrected chi connectivity index (χ1v) is 7.79. The summed E-state index contributed by atoms with van der Waals surface area (Å²) in [7, 11) is 3.06. The van der Waals surface area contributed by atoms with Crippen LogP contribution in [0.1, 0.15) is 11.1 Å². The van der Waals surface area contributed by atoms with Crippen LogP contribution < -0.4 is 19.5 Å². The molecule has 0 saturated carbocycles. The van der Waals surface area contributed by atoms with Crippen LogP contribution in [0.4, 0.5) is 0 Å². The Bertz CT molecular complexity index is 811. The number of pyridine rings is 1. The molecule has 7 heteroatoms. The Labute approximate surface area is 151 Å². The Hall–Kier alpha value is -3.53. The van der Waals surface area contributed by atoms with Gasteiger partial charge in [-0.15, -0.1) is 0 Å². The van der Waals surface area contributed by atoms with E-state index in [1.807, 2.05) is 12.1 Å². The van der Waals surface area contributed by atoms with Gasteiger partial charge in [-0.3, -0.25) is 4.79 Å². The van der Waals surface area contributed by atoms with Crippen molar-refractivity contribution in [2.75, 3.05) is 20.8 Å². The van der Waals surface area contributed by atoms with E-state index in [1.165, 1.54) is 13.2 Å². The van der Waals surface area contributed by atoms with Gasteiger partial charge in [0.15, 0.2) is 18.1 Å². The average molecular weight is 353 g/mol. The molecule has 1 aromatic heterocycles. The Morgan fingerprint density at radius 3 is 2.73 bits per heavy atom. The Morgan fingerprint density at radius 2 is 2.08 bits per heavy atom. The van der Waals surface area contributed by atoms with Crippen molar-refractivity contribution in [3.8, 4) is 23.4 Å². The first kappa shape index (κ1) is 18.8. The summed E-state index contributed by atoms with van der Waals surface area (Å²) in [6, 6.07) is 10.7. The maximum atomic E-state index is 11.9. The Balaban J connectivity index is 1.93. The third-order valence-electron chi connectivity index (χ3n) is 3.38. The predicted molar refractivity (Wildman–Crippen MR) is 95.8 cm³/mol. The first-order chi connectivity index (χ1) is 12.7. The van der Waals surface area contributed by atoms with Gasteiger partial charge in [-0.05, 0) is 29.3 Å². The van der Waals surface area contributed by atoms with Gasteiger partial charge >= 0.3 is 0 Å². The van der Waals surface area contributed by atoms with Crippen molar-refractivity contribution in [1.29, 1.82) is 5.26 Å². The standard InChI is InChI=1S/C19H19N3O4/c1-24-17-11-14(3-6-16(17)26-10-9-20)4-7-18(23)21-12-15-5-8-19(25-2)22-13-15/h3-8,11,13H,10,12H2,1-2H3,(H,21,23)/b7-4+. The smallest absolute Gasteiger partial charge is 0.244 e. The van der Waals surface area contributed by atoms with E-state index >= 15 is 0 Å². The second-order valence-corrected chi connectivity index (χ2v) is 5.12. The van der Waals surface area contributed by atoms with E-state index in [0.717, 1.165) is 11.1 Å². The van der Waals surface area contributed by atoms with E-state index in [0.29, 0.717) is 23.9 Å². The fourth-order valence-corrected chi connectivity index (χ4v) is 2.07. The molecule has 1 heterocycles. The van der Waals surface area contributed by atoms with Crippen molar-refractivity contribution >= 4 is 12.0 Å². The molecule has 0 spiro atoms. The lowest BCUT2D eigenvalue weighted by Crippen LogP contribution is -2.20. The van der Waals surface area contributed by atoms with E-state index < -0.39 is 0 Å². The fourth-order valence-electron chi connectivity index (χ4n) is 2.07. The lowest BCUT2D eigenvalue weighted by molar-refractivity contribution is -0.116. The largest absolute Gasteiger partial charge is 0.493 e. The highest BCUT2D eigenvalue weighted by Crippen LogP contribution is 2.28. The number of amides is 1. The quantitative estimate of drug-likeness (QED) is 0.732. The zero-order chi connectivity index (χ0) is 18.8. The minimum atomic E-state index is -0.232. The maximum Gasteiger partial charge on any atom is 0.244 e. The minimum absolute atomic E-state index is 0.0613. The van der Waals surface area contributed by atoms with Gasteiger partial charge in [0.1, 0.15) is 6.07 Å². The summed E-state index contributed by atoms with van der Waals surface area (Å²) >= 11 is 0. The average Bonchev–Trinajstić information content (AvgIpc) is 2.69. The summed E-state index contributed by atoms with van der Waals surface area (Å²) in [5.41, 5.74) is 1.64. The molecule has 0 unspecified atom stereocenters. The van der Waals surface area contributed by atoms with Gasteiger partial charge in [0.05, 0.1) is 14.2 Å². The number of aromatic nitrogens is 1. The van der Waals surface area contributed by atoms with Crippen LogP contribution in [0.25, 0.3) is 6.08 Å². The number of carbonyl (C=O) groups excluding carboxylic acids is 1. The van der Waals surface area contributed by atoms with Crippen LogP contribution >= 0.6 is 0 Å². The zero-order valence-electron chi connectivity index (χ0n) is 14.6. The Kier molecular flexibility index (Phi) is 7.01. The number of carbonyl (C=O) groups is 1. The number of rotatable bonds is 8. The summed E-state index contributed by atoms with van der Waals surface area (Å²) in [5.74, 6) is 1.26. The van der Waals surface area contributed by atoms with Gasteiger partial charge in [-0.1, -0.05) is 12.1 Å². The summed E-state index contributed by atoms with van der Waals surface area (Å²) in [6.45, 7) is 0.304. The van der Waals surface area contributed by atoms with Crippen molar-refractivity contribution in [3.05, 3.63) is 53.7 Å². The number of nitrogens with zero attached hydrogens (tertiary/aromatic N) is 2. The molecule has 134 valence electrons. The molecule has 0 fully saturated rings. The van der Waals surface area contributed by atoms with Gasteiger partial charge in [0.2, 0.25) is 11.8 Å². The number of hydrogen-bond acceptors (Lipinski definition) is 6. The summed E-state index contributed by atoms with van der Waals surface area (Å²) in [6.07, 6.45) is 4.74. The second-order valence-electron chi connectivity index (χ2n) is 5.12. The Morgan fingerprint density at radius 1 is 1.23 bits per heavy atom. The molecule has 0 atom stereocenters. The van der Waals surface area contributed by atoms with Crippen molar-refractivity contribution in [2.24, 2.45) is 0 Å². The molecule has 7 nitrogen and oxygen atoms in total. The highest BCUT2D eigenvalue weighted by Gasteiger charge is 2.05. The van der Waals surface area contributed by atoms with Crippen LogP contribution in [0.5, 0.6) is 17.4 Å². The lowest BCUT2D eigenvalue weighted by Gasteiger charge is -2.08. The van der Waals surface area contributed by atoms with Crippen LogP contribution in [-0.2, 0) is 11.3 Å². The van der Waals surface area contributed by atoms with Crippen LogP contribution in [0.15, 0.2) is 42.6 Å². The van der Waals surface area contributed by atoms with Gasteiger partial charge < -0.3 is 19.5 Å². The van der Waals surface area contributed by atoms with E-state index in [2.05, 4.69) is 10.3 Å². The molecule has 0 saturated heterocycles. The van der Waals surface area contributed by atoms with Gasteiger partial charge in [-0.25, -0.2) is 4.98 Å². The molecule has 2 rings (SSSR count). The molecule has 0 bridgehead atoms. The zero-order valence-corrected chi connectivity index (χ0v) is 14.6. The van der Waals surface area contributed by atoms with Gasteiger partial charge in [0.25, 0.3) is 0 Å². The molecule has 0 radical (unpaired) electrons. The molecule has 26 heavy (non-hydrogen) atoms. The predicted octanol–water partition coefficient (Wildman–Crippen LogP) is 2.33. The molecule has 1 amide bonds. The fraction of sp³-hybridized carbons (Fsp3) is 0.211. The number of nitrogens with one attached hydrogen (secondary N) is 1. The second kappa shape index (κ2) is 9.69. The molecular weight excluding hydrogens is 334 g/mol. The third kappa shape index (κ3) is 5.53. The summed E-state index contributed by atoms with van der Waals surface area (Å²) in [4.78, 5) is 16.0. The van der Waals surface area contributed by atoms with Crippen molar-refractivity contribution in [1.82, 2.24) is 10.3 Å². The number of methoxy groups -OCH3 is 2. The number of hydrogen-bond donors (Lipinski definition) is 1. The maximum absolute atomic E-state index is 11.9. The van der Waals surface area contributed by atoms with Crippen LogP contribution in [0.3, 0.4) is 0 Å². The first-order valence-electron chi connectivity index (χ1n) is 7.79. The highest BCUT2D eigenvalue weighted by atomic mass is 16.5. The molecule has 2 aromatic rings. The third-order valence-corrected chi connectivity index (χ3v) is 3.38. The van der Waals surface area contributed by atoms with E-state index in [1.54, 1.807) is 43.6 Å². The summed E-state index contributed by atoms with van der Waals surface area (Å²) in [5, 5.41) is 11.3. The number of nitriles is 1. The molecule has 0 aliphatic carbocycles. The molecule has 0 aliphatic heterocycles. The topological polar surface area (TPSA) is 93.5 Å². The minimum Gasteiger partial charge on any atom is -0.493 e. The van der Waals surface area contributed by atoms with Crippen molar-refractivity contribution < 1.29 is 19.0 Å². The SMILES string of the molecule is COc1ccc(CNC(=O)/C=C/c2ccc(OCC#N)c(OC)c2)cn1. The lowest BCUT2D eigenvalue weighted by atomic mass is 10.2. The van der Waals surface area contributed by atoms with E-state index in [-0.39, 0.29) is 12.5 Å². The van der Waals surface area contributed by atoms with E-state index in [4.69, 9.17) is 19.5 Å². The van der Waals surface area contributed by atoms with Crippen molar-refractivity contribution in [2.45, 2.75) is 6.54 Å². The molecule has 1 N–H and O–H groups in total. The summed E-state index contributed by atoms with van der Waals surface area (Å²) < 4.78 is 15.5. The molecular formula is C19H19N3O4. The van der Waals surface area contributed by atoms with Crippen LogP contribution in [-0.4, -0.2) is 31.7 Å². The van der Waals surface area contributed by atoms with Crippen molar-refractivity contribution in [3.63, 3.8) is 0 Å². The van der Waals surface area contributed by atoms with E-state index in [9.17, 15) is 4.79 Å². The van der Waals surface area contributed by atoms with Gasteiger partial charge in [-0.2, -0.15) is 5.26 Å².